The van der Waals surface area contributed by atoms with Crippen LogP contribution in [0.1, 0.15) is 23.2 Å². The van der Waals surface area contributed by atoms with Crippen LogP contribution in [0.25, 0.3) is 0 Å². The molecule has 29 heavy (non-hydrogen) atoms. The molecule has 0 radical (unpaired) electrons. The Morgan fingerprint density at radius 1 is 0.931 bits per heavy atom. The molecule has 2 N–H and O–H groups in total. The summed E-state index contributed by atoms with van der Waals surface area (Å²) in [5.41, 5.74) is 2.27. The maximum absolute atomic E-state index is 12.5. The lowest BCUT2D eigenvalue weighted by atomic mass is 10.2. The van der Waals surface area contributed by atoms with Gasteiger partial charge in [0.05, 0.1) is 4.90 Å². The van der Waals surface area contributed by atoms with Gasteiger partial charge >= 0.3 is 0 Å². The van der Waals surface area contributed by atoms with E-state index in [-0.39, 0.29) is 16.8 Å². The maximum atomic E-state index is 12.5. The fourth-order valence-corrected chi connectivity index (χ4v) is 4.60. The van der Waals surface area contributed by atoms with E-state index in [2.05, 4.69) is 26.9 Å². The molecule has 2 fully saturated rings. The second kappa shape index (κ2) is 8.14. The van der Waals surface area contributed by atoms with Crippen LogP contribution in [0.15, 0.2) is 53.4 Å². The van der Waals surface area contributed by atoms with Crippen molar-refractivity contribution in [3.05, 3.63) is 54.1 Å². The zero-order valence-electron chi connectivity index (χ0n) is 16.5. The second-order valence-corrected chi connectivity index (χ2v) is 9.43. The number of sulfonamides is 1. The summed E-state index contributed by atoms with van der Waals surface area (Å²) in [6, 6.07) is 13.9. The average molecular weight is 415 g/mol. The van der Waals surface area contributed by atoms with Crippen molar-refractivity contribution in [1.82, 2.24) is 9.62 Å². The van der Waals surface area contributed by atoms with E-state index < -0.39 is 10.0 Å². The van der Waals surface area contributed by atoms with Gasteiger partial charge in [-0.25, -0.2) is 13.1 Å². The molecule has 0 spiro atoms. The normalized spacial score (nSPS) is 17.9. The molecule has 0 bridgehead atoms. The van der Waals surface area contributed by atoms with E-state index in [1.807, 2.05) is 24.3 Å². The van der Waals surface area contributed by atoms with Crippen LogP contribution in [0.5, 0.6) is 0 Å². The fourth-order valence-electron chi connectivity index (χ4n) is 3.30. The molecule has 2 aromatic carbocycles. The highest BCUT2D eigenvalue weighted by Crippen LogP contribution is 2.23. The van der Waals surface area contributed by atoms with E-state index in [1.54, 1.807) is 0 Å². The molecule has 1 aliphatic carbocycles. The predicted octanol–water partition coefficient (Wildman–Crippen LogP) is 2.13. The number of hydrogen-bond acceptors (Lipinski definition) is 5. The lowest BCUT2D eigenvalue weighted by Crippen LogP contribution is -2.44. The number of piperazine rings is 1. The zero-order valence-corrected chi connectivity index (χ0v) is 17.3. The van der Waals surface area contributed by atoms with Crippen LogP contribution < -0.4 is 14.9 Å². The van der Waals surface area contributed by atoms with Gasteiger partial charge in [0.2, 0.25) is 10.0 Å². The molecule has 0 aromatic heterocycles. The molecule has 154 valence electrons. The lowest BCUT2D eigenvalue weighted by molar-refractivity contribution is 0.102. The van der Waals surface area contributed by atoms with Crippen LogP contribution >= 0.6 is 0 Å². The minimum Gasteiger partial charge on any atom is -0.369 e. The van der Waals surface area contributed by atoms with Gasteiger partial charge in [0, 0.05) is 49.2 Å². The molecular weight excluding hydrogens is 388 g/mol. The summed E-state index contributed by atoms with van der Waals surface area (Å²) in [5, 5.41) is 2.87. The third-order valence-corrected chi connectivity index (χ3v) is 6.86. The molecule has 1 saturated carbocycles. The summed E-state index contributed by atoms with van der Waals surface area (Å²) >= 11 is 0. The van der Waals surface area contributed by atoms with E-state index in [4.69, 9.17) is 0 Å². The summed E-state index contributed by atoms with van der Waals surface area (Å²) in [6.07, 6.45) is 1.76. The van der Waals surface area contributed by atoms with Crippen molar-refractivity contribution in [1.29, 1.82) is 0 Å². The summed E-state index contributed by atoms with van der Waals surface area (Å²) in [5.74, 6) is -0.267. The van der Waals surface area contributed by atoms with Crippen LogP contribution in [0.4, 0.5) is 11.4 Å². The number of hydrogen-bond donors (Lipinski definition) is 2. The van der Waals surface area contributed by atoms with E-state index in [1.165, 1.54) is 24.3 Å². The zero-order chi connectivity index (χ0) is 20.4. The molecule has 1 heterocycles. The molecule has 2 aliphatic rings. The number of rotatable bonds is 6. The second-order valence-electron chi connectivity index (χ2n) is 7.71. The monoisotopic (exact) mass is 414 g/mol. The summed E-state index contributed by atoms with van der Waals surface area (Å²) in [7, 11) is -1.38. The van der Waals surface area contributed by atoms with E-state index >= 15 is 0 Å². The number of carbonyl (C=O) groups is 1. The van der Waals surface area contributed by atoms with Crippen molar-refractivity contribution in [3.8, 4) is 0 Å². The third-order valence-electron chi connectivity index (χ3n) is 5.32. The van der Waals surface area contributed by atoms with Crippen LogP contribution in [0, 0.1) is 0 Å². The standard InChI is InChI=1S/C21H26N4O3S/c1-24-12-14-25(15-13-24)19-8-6-17(7-9-19)22-21(26)16-2-10-20(11-3-16)29(27,28)23-18-4-5-18/h2-3,6-11,18,23H,4-5,12-15H2,1H3,(H,22,26). The van der Waals surface area contributed by atoms with Crippen LogP contribution in [0.2, 0.25) is 0 Å². The largest absolute Gasteiger partial charge is 0.369 e. The first kappa shape index (κ1) is 19.9. The van der Waals surface area contributed by atoms with E-state index in [0.29, 0.717) is 11.3 Å². The van der Waals surface area contributed by atoms with E-state index in [9.17, 15) is 13.2 Å². The maximum Gasteiger partial charge on any atom is 0.255 e. The van der Waals surface area contributed by atoms with Crippen molar-refractivity contribution in [3.63, 3.8) is 0 Å². The van der Waals surface area contributed by atoms with Crippen LogP contribution in [0.3, 0.4) is 0 Å². The summed E-state index contributed by atoms with van der Waals surface area (Å²) in [4.78, 5) is 17.3. The smallest absolute Gasteiger partial charge is 0.255 e. The molecule has 1 amide bonds. The van der Waals surface area contributed by atoms with Gasteiger partial charge in [0.1, 0.15) is 0 Å². The van der Waals surface area contributed by atoms with Gasteiger partial charge in [-0.2, -0.15) is 0 Å². The highest BCUT2D eigenvalue weighted by Gasteiger charge is 2.28. The average Bonchev–Trinajstić information content (AvgIpc) is 3.53. The van der Waals surface area contributed by atoms with Gasteiger partial charge in [-0.3, -0.25) is 4.79 Å². The van der Waals surface area contributed by atoms with Gasteiger partial charge in [-0.15, -0.1) is 0 Å². The molecule has 4 rings (SSSR count). The molecule has 7 nitrogen and oxygen atoms in total. The highest BCUT2D eigenvalue weighted by molar-refractivity contribution is 7.89. The number of nitrogens with zero attached hydrogens (tertiary/aromatic N) is 2. The number of likely N-dealkylation sites (N-methyl/N-ethyl adjacent to an activating group) is 1. The SMILES string of the molecule is CN1CCN(c2ccc(NC(=O)c3ccc(S(=O)(=O)NC4CC4)cc3)cc2)CC1. The Kier molecular flexibility index (Phi) is 5.58. The molecule has 0 unspecified atom stereocenters. The van der Waals surface area contributed by atoms with Crippen LogP contribution in [-0.2, 0) is 10.0 Å². The van der Waals surface area contributed by atoms with Crippen molar-refractivity contribution < 1.29 is 13.2 Å². The first-order valence-corrected chi connectivity index (χ1v) is 11.4. The summed E-state index contributed by atoms with van der Waals surface area (Å²) < 4.78 is 27.1. The Labute approximate surface area is 171 Å². The van der Waals surface area contributed by atoms with Gasteiger partial charge in [-0.1, -0.05) is 0 Å². The topological polar surface area (TPSA) is 81.8 Å². The Morgan fingerprint density at radius 3 is 2.14 bits per heavy atom. The molecule has 1 aliphatic heterocycles. The minimum atomic E-state index is -3.51. The predicted molar refractivity (Wildman–Crippen MR) is 114 cm³/mol. The quantitative estimate of drug-likeness (QED) is 0.757. The highest BCUT2D eigenvalue weighted by atomic mass is 32.2. The van der Waals surface area contributed by atoms with Gasteiger partial charge in [-0.05, 0) is 68.4 Å². The molecular formula is C21H26N4O3S. The van der Waals surface area contributed by atoms with E-state index in [0.717, 1.165) is 44.7 Å². The number of benzene rings is 2. The fraction of sp³-hybridized carbons (Fsp3) is 0.381. The first-order valence-electron chi connectivity index (χ1n) is 9.88. The summed E-state index contributed by atoms with van der Waals surface area (Å²) in [6.45, 7) is 4.07. The Morgan fingerprint density at radius 2 is 1.55 bits per heavy atom. The Bertz CT molecular complexity index is 962. The van der Waals surface area contributed by atoms with Crippen molar-refractivity contribution >= 4 is 27.3 Å². The number of anilines is 2. The molecule has 0 atom stereocenters. The van der Waals surface area contributed by atoms with Gasteiger partial charge < -0.3 is 15.1 Å². The van der Waals surface area contributed by atoms with Gasteiger partial charge in [0.25, 0.3) is 5.91 Å². The Balaban J connectivity index is 1.37. The van der Waals surface area contributed by atoms with Crippen LogP contribution in [-0.4, -0.2) is 58.5 Å². The van der Waals surface area contributed by atoms with Crippen molar-refractivity contribution in [2.75, 3.05) is 43.4 Å². The molecule has 1 saturated heterocycles. The van der Waals surface area contributed by atoms with Gasteiger partial charge in [0.15, 0.2) is 0 Å². The van der Waals surface area contributed by atoms with Crippen molar-refractivity contribution in [2.45, 2.75) is 23.8 Å². The molecule has 2 aromatic rings. The number of carbonyl (C=O) groups excluding carboxylic acids is 1. The third kappa shape index (κ3) is 4.95. The Hall–Kier alpha value is -2.42. The van der Waals surface area contributed by atoms with Crippen molar-refractivity contribution in [2.24, 2.45) is 0 Å². The lowest BCUT2D eigenvalue weighted by Gasteiger charge is -2.34. The first-order chi connectivity index (χ1) is 13.9. The molecule has 8 heteroatoms. The minimum absolute atomic E-state index is 0.0526. The number of amides is 1. The number of nitrogens with one attached hydrogen (secondary N) is 2.